The summed E-state index contributed by atoms with van der Waals surface area (Å²) < 4.78 is 153. The molecule has 5 N–H and O–H groups in total. The minimum atomic E-state index is -6.30. The molecule has 1 aliphatic carbocycles. The van der Waals surface area contributed by atoms with Crippen LogP contribution in [0.25, 0.3) is 33.4 Å². The van der Waals surface area contributed by atoms with Crippen molar-refractivity contribution in [1.82, 2.24) is 10.6 Å². The van der Waals surface area contributed by atoms with Gasteiger partial charge in [-0.3, -0.25) is 18.7 Å². The van der Waals surface area contributed by atoms with Crippen molar-refractivity contribution in [2.75, 3.05) is 23.9 Å². The highest BCUT2D eigenvalue weighted by Crippen LogP contribution is 2.50. The Morgan fingerprint density at radius 2 is 1.39 bits per heavy atom. The van der Waals surface area contributed by atoms with Crippen molar-refractivity contribution in [3.63, 3.8) is 0 Å². The second kappa shape index (κ2) is 19.8. The van der Waals surface area contributed by atoms with Crippen LogP contribution in [0.4, 0.5) is 45.2 Å². The average molecular weight is 996 g/mol. The van der Waals surface area contributed by atoms with Crippen LogP contribution >= 0.6 is 0 Å². The number of alkyl halides is 9. The van der Waals surface area contributed by atoms with E-state index in [1.54, 1.807) is 0 Å². The van der Waals surface area contributed by atoms with Crippen LogP contribution in [0.15, 0.2) is 117 Å². The highest BCUT2D eigenvalue weighted by atomic mass is 32.2. The number of aromatic hydroxyl groups is 1. The van der Waals surface area contributed by atoms with Gasteiger partial charge in [-0.15, -0.1) is 0 Å². The van der Waals surface area contributed by atoms with Crippen molar-refractivity contribution in [2.45, 2.75) is 61.1 Å². The highest BCUT2D eigenvalue weighted by Gasteiger charge is 2.71. The number of halogens is 9. The summed E-state index contributed by atoms with van der Waals surface area (Å²) in [7, 11) is -5.14. The van der Waals surface area contributed by atoms with E-state index in [1.807, 2.05) is 0 Å². The molecule has 6 rings (SSSR count). The highest BCUT2D eigenvalue weighted by molar-refractivity contribution is 7.92. The van der Waals surface area contributed by atoms with E-state index in [0.29, 0.717) is 41.3 Å². The van der Waals surface area contributed by atoms with E-state index in [2.05, 4.69) is 10.6 Å². The van der Waals surface area contributed by atoms with E-state index >= 15 is 0 Å². The number of rotatable bonds is 17. The summed E-state index contributed by atoms with van der Waals surface area (Å²) in [5.74, 6) is -2.46. The van der Waals surface area contributed by atoms with Gasteiger partial charge in [-0.2, -0.15) is 39.5 Å². The van der Waals surface area contributed by atoms with Crippen LogP contribution in [0, 0.1) is 0 Å². The third-order valence-electron chi connectivity index (χ3n) is 10.8. The van der Waals surface area contributed by atoms with Crippen LogP contribution < -0.4 is 20.4 Å². The van der Waals surface area contributed by atoms with Crippen LogP contribution in [0.1, 0.15) is 57.5 Å². The molecular weight excluding hydrogens is 958 g/mol. The molecule has 1 aliphatic heterocycles. The number of amides is 2. The van der Waals surface area contributed by atoms with Crippen molar-refractivity contribution < 1.29 is 82.1 Å². The van der Waals surface area contributed by atoms with E-state index in [0.717, 1.165) is 12.1 Å². The lowest BCUT2D eigenvalue weighted by Crippen LogP contribution is -2.53. The van der Waals surface area contributed by atoms with Gasteiger partial charge in [-0.1, -0.05) is 42.8 Å². The summed E-state index contributed by atoms with van der Waals surface area (Å²) in [4.78, 5) is 50.0. The Labute approximate surface area is 385 Å². The van der Waals surface area contributed by atoms with Crippen LogP contribution in [0.2, 0.25) is 0 Å². The number of hydrogen-bond acceptors (Lipinski definition) is 9. The number of nitrogens with zero attached hydrogens (tertiary/aromatic N) is 1. The molecule has 1 heterocycles. The lowest BCUT2D eigenvalue weighted by Gasteiger charge is -2.33. The second-order valence-corrected chi connectivity index (χ2v) is 17.4. The Kier molecular flexibility index (Phi) is 14.7. The van der Waals surface area contributed by atoms with Gasteiger partial charge in [0.05, 0.1) is 21.7 Å². The summed E-state index contributed by atoms with van der Waals surface area (Å²) >= 11 is 0. The summed E-state index contributed by atoms with van der Waals surface area (Å²) in [5, 5.41) is 35.8. The maximum Gasteiger partial charge on any atom is 0.430 e. The van der Waals surface area contributed by atoms with Crippen LogP contribution in [0.5, 0.6) is 5.75 Å². The number of aromatic carboxylic acids is 1. The number of hydrogen-bond donors (Lipinski definition) is 5. The van der Waals surface area contributed by atoms with Crippen molar-refractivity contribution in [1.29, 1.82) is 0 Å². The third kappa shape index (κ3) is 11.3. The van der Waals surface area contributed by atoms with Crippen LogP contribution in [-0.2, 0) is 26.8 Å². The number of phenolic OH excluding ortho intramolecular Hbond substituents is 1. The Bertz CT molecular complexity index is 3000. The fourth-order valence-electron chi connectivity index (χ4n) is 7.44. The van der Waals surface area contributed by atoms with Gasteiger partial charge in [-0.25, -0.2) is 13.2 Å². The number of benzene rings is 5. The van der Waals surface area contributed by atoms with Crippen molar-refractivity contribution in [3.8, 4) is 28.2 Å². The van der Waals surface area contributed by atoms with Crippen LogP contribution in [-0.4, -0.2) is 79.7 Å². The summed E-state index contributed by atoms with van der Waals surface area (Å²) in [6.07, 6.45) is -16.4. The van der Waals surface area contributed by atoms with Gasteiger partial charge < -0.3 is 30.4 Å². The maximum absolute atomic E-state index is 13.6. The number of nitrogens with one attached hydrogen (secondary N) is 2. The van der Waals surface area contributed by atoms with Gasteiger partial charge >= 0.3 is 24.5 Å². The first-order valence-electron chi connectivity index (χ1n) is 20.5. The maximum atomic E-state index is 13.6. The van der Waals surface area contributed by atoms with E-state index in [-0.39, 0.29) is 99.6 Å². The Morgan fingerprint density at radius 3 is 2.01 bits per heavy atom. The number of sulfonamides is 1. The van der Waals surface area contributed by atoms with Gasteiger partial charge in [0.2, 0.25) is 5.91 Å². The third-order valence-corrected chi connectivity index (χ3v) is 12.6. The average Bonchev–Trinajstić information content (AvgIpc) is 3.27. The molecule has 69 heavy (non-hydrogen) atoms. The molecule has 2 aliphatic rings. The molecule has 0 aromatic heterocycles. The molecule has 2 amide bonds. The number of carboxylic acids is 1. The first-order chi connectivity index (χ1) is 32.2. The minimum Gasteiger partial charge on any atom is -0.508 e. The zero-order chi connectivity index (χ0) is 50.7. The lowest BCUT2D eigenvalue weighted by atomic mass is 9.88. The van der Waals surface area contributed by atoms with Gasteiger partial charge in [0.15, 0.2) is 5.43 Å². The molecule has 4 aromatic rings. The van der Waals surface area contributed by atoms with Gasteiger partial charge in [0, 0.05) is 53.7 Å². The number of anilines is 1. The van der Waals surface area contributed by atoms with Gasteiger partial charge in [-0.05, 0) is 85.0 Å². The van der Waals surface area contributed by atoms with E-state index < -0.39 is 68.7 Å². The van der Waals surface area contributed by atoms with Crippen molar-refractivity contribution >= 4 is 44.5 Å². The first-order valence-corrected chi connectivity index (χ1v) is 21.9. The fourth-order valence-corrected chi connectivity index (χ4v) is 8.89. The smallest absolute Gasteiger partial charge is 0.430 e. The molecule has 0 unspecified atom stereocenters. The number of carbonyl (C=O) groups excluding carboxylic acids is 2. The molecule has 0 radical (unpaired) electrons. The molecule has 0 bridgehead atoms. The normalized spacial score (nSPS) is 12.6. The first kappa shape index (κ1) is 51.3. The second-order valence-electron chi connectivity index (χ2n) is 15.5. The summed E-state index contributed by atoms with van der Waals surface area (Å²) in [6, 6.07) is 17.5. The van der Waals surface area contributed by atoms with Crippen LogP contribution in [0.3, 0.4) is 0 Å². The molecule has 0 saturated heterocycles. The number of phenols is 1. The van der Waals surface area contributed by atoms with Gasteiger partial charge in [0.1, 0.15) is 23.6 Å². The monoisotopic (exact) mass is 995 g/mol. The Hall–Kier alpha value is -7.14. The topological polar surface area (TPSA) is 204 Å². The molecule has 0 fully saturated rings. The summed E-state index contributed by atoms with van der Waals surface area (Å²) in [6.45, 7) is -2.05. The van der Waals surface area contributed by atoms with E-state index in [1.165, 1.54) is 66.7 Å². The zero-order valence-corrected chi connectivity index (χ0v) is 36.2. The molecule has 0 spiro atoms. The molecule has 0 saturated carbocycles. The number of aliphatic hydroxyl groups is 1. The number of fused-ring (bicyclic) bond motifs is 2. The predicted octanol–water partition coefficient (Wildman–Crippen LogP) is 8.69. The lowest BCUT2D eigenvalue weighted by molar-refractivity contribution is -0.376. The van der Waals surface area contributed by atoms with Gasteiger partial charge in [0.25, 0.3) is 21.5 Å². The number of carboxylic acid groups (broad SMARTS) is 1. The Balaban J connectivity index is 1.01. The Morgan fingerprint density at radius 1 is 0.725 bits per heavy atom. The minimum absolute atomic E-state index is 0.0179. The van der Waals surface area contributed by atoms with E-state index in [4.69, 9.17) is 4.42 Å². The summed E-state index contributed by atoms with van der Waals surface area (Å²) in [5.41, 5.74) is -7.52. The van der Waals surface area contributed by atoms with Crippen molar-refractivity contribution in [3.05, 3.63) is 136 Å². The molecule has 4 aromatic carbocycles. The largest absolute Gasteiger partial charge is 0.508 e. The quantitative estimate of drug-likeness (QED) is 0.0334. The SMILES string of the molecule is O=C(CCCCCNC(=O)c1cccc(-c2c3ccc(=O)cc-3oc3cc(O)ccc23)c1C(=O)O)NCCc1ccc(S(=O)(=O)N(CC(F)(F)F)c2ccc(C(O)(C(F)(F)F)C(F)(F)F)cc2)cc1. The zero-order valence-electron chi connectivity index (χ0n) is 35.4. The molecule has 366 valence electrons. The number of unbranched alkanes of at least 4 members (excludes halogenated alkanes) is 2. The van der Waals surface area contributed by atoms with Crippen molar-refractivity contribution in [2.24, 2.45) is 0 Å². The van der Waals surface area contributed by atoms with E-state index in [9.17, 15) is 82.4 Å². The standard InChI is InChI=1S/C46H38F9N3O10S/c47-43(48,49)25-58(28-12-10-27(11-13-28)44(65,45(50,51)52)46(53,54)55)69(66,67)31-16-8-26(9-17-31)20-22-56-38(61)7-2-1-3-21-57-41(62)35-6-4-5-34(40(35)42(63)64)39-32-18-14-29(59)23-36(32)68-37-24-30(60)15-19-33(37)39/h4-6,8-19,23-24,59,65H,1-3,7,20-22,25H2,(H,56,61)(H,57,62)(H,63,64). The molecule has 13 nitrogen and oxygen atoms in total. The molecule has 23 heteroatoms. The molecule has 0 atom stereocenters. The molecular formula is C46H38F9N3O10S. The fraction of sp³-hybridized carbons (Fsp3) is 0.261. The predicted molar refractivity (Wildman–Crippen MR) is 230 cm³/mol. The number of carbonyl (C=O) groups is 3.